The number of anilines is 1. The fourth-order valence-electron chi connectivity index (χ4n) is 2.35. The number of aryl methyl sites for hydroxylation is 2. The number of fused-ring (bicyclic) bond motifs is 1. The van der Waals surface area contributed by atoms with Crippen LogP contribution in [0.3, 0.4) is 0 Å². The second kappa shape index (κ2) is 3.28. The summed E-state index contributed by atoms with van der Waals surface area (Å²) in [7, 11) is 2.14. The van der Waals surface area contributed by atoms with E-state index in [1.807, 2.05) is 0 Å². The zero-order chi connectivity index (χ0) is 10.3. The first kappa shape index (κ1) is 9.53. The van der Waals surface area contributed by atoms with E-state index in [1.165, 1.54) is 22.4 Å². The van der Waals surface area contributed by atoms with Crippen LogP contribution >= 0.6 is 0 Å². The third kappa shape index (κ3) is 1.40. The first-order valence-electron chi connectivity index (χ1n) is 5.17. The van der Waals surface area contributed by atoms with Gasteiger partial charge >= 0.3 is 0 Å². The third-order valence-electron chi connectivity index (χ3n) is 3.07. The molecule has 2 rings (SSSR count). The molecule has 0 saturated heterocycles. The lowest BCUT2D eigenvalue weighted by atomic mass is 9.92. The molecule has 0 aromatic heterocycles. The van der Waals surface area contributed by atoms with Gasteiger partial charge < -0.3 is 10.6 Å². The summed E-state index contributed by atoms with van der Waals surface area (Å²) in [6.45, 7) is 5.36. The van der Waals surface area contributed by atoms with Crippen LogP contribution < -0.4 is 10.6 Å². The molecule has 0 amide bonds. The van der Waals surface area contributed by atoms with Gasteiger partial charge in [-0.2, -0.15) is 0 Å². The Hall–Kier alpha value is -1.02. The molecule has 0 radical (unpaired) electrons. The molecule has 1 aromatic rings. The molecule has 0 spiro atoms. The van der Waals surface area contributed by atoms with Crippen LogP contribution in [0.25, 0.3) is 0 Å². The molecule has 76 valence electrons. The average molecular weight is 190 g/mol. The molecule has 0 aliphatic carbocycles. The van der Waals surface area contributed by atoms with Crippen LogP contribution in [0.2, 0.25) is 0 Å². The number of rotatable bonds is 0. The predicted octanol–water partition coefficient (Wildman–Crippen LogP) is 2.14. The van der Waals surface area contributed by atoms with Gasteiger partial charge in [-0.3, -0.25) is 0 Å². The summed E-state index contributed by atoms with van der Waals surface area (Å²) in [5.74, 6) is 0. The summed E-state index contributed by atoms with van der Waals surface area (Å²) in [6.07, 6.45) is 1.06. The second-order valence-corrected chi connectivity index (χ2v) is 4.33. The molecule has 2 N–H and O–H groups in total. The van der Waals surface area contributed by atoms with E-state index in [2.05, 4.69) is 37.9 Å². The quantitative estimate of drug-likeness (QED) is 0.679. The Morgan fingerprint density at radius 3 is 2.79 bits per heavy atom. The first-order chi connectivity index (χ1) is 6.59. The smallest absolute Gasteiger partial charge is 0.0417 e. The topological polar surface area (TPSA) is 29.3 Å². The molecule has 1 aliphatic heterocycles. The van der Waals surface area contributed by atoms with Crippen LogP contribution in [0.1, 0.15) is 29.2 Å². The molecule has 1 unspecified atom stereocenters. The molecular formula is C12H18N2. The van der Waals surface area contributed by atoms with Crippen molar-refractivity contribution in [1.29, 1.82) is 0 Å². The molecule has 0 saturated carbocycles. The van der Waals surface area contributed by atoms with Crippen LogP contribution in [0.15, 0.2) is 12.1 Å². The molecule has 0 bridgehead atoms. The summed E-state index contributed by atoms with van der Waals surface area (Å²) >= 11 is 0. The zero-order valence-corrected chi connectivity index (χ0v) is 9.17. The zero-order valence-electron chi connectivity index (χ0n) is 9.17. The van der Waals surface area contributed by atoms with E-state index < -0.39 is 0 Å². The van der Waals surface area contributed by atoms with Gasteiger partial charge in [0.25, 0.3) is 0 Å². The van der Waals surface area contributed by atoms with Gasteiger partial charge in [0.1, 0.15) is 0 Å². The lowest BCUT2D eigenvalue weighted by Crippen LogP contribution is -2.31. The van der Waals surface area contributed by atoms with E-state index >= 15 is 0 Å². The van der Waals surface area contributed by atoms with E-state index in [9.17, 15) is 0 Å². The van der Waals surface area contributed by atoms with E-state index in [4.69, 9.17) is 5.73 Å². The standard InChI is InChI=1S/C12H18N2/c1-8-6-9(2)12-10(13)4-5-14(3)11(12)7-8/h6-7,10H,4-5,13H2,1-3H3. The van der Waals surface area contributed by atoms with Crippen LogP contribution in [-0.2, 0) is 0 Å². The highest BCUT2D eigenvalue weighted by Gasteiger charge is 2.21. The average Bonchev–Trinajstić information content (AvgIpc) is 2.10. The first-order valence-corrected chi connectivity index (χ1v) is 5.17. The second-order valence-electron chi connectivity index (χ2n) is 4.33. The summed E-state index contributed by atoms with van der Waals surface area (Å²) in [5.41, 5.74) is 11.4. The minimum absolute atomic E-state index is 0.224. The number of benzene rings is 1. The number of hydrogen-bond donors (Lipinski definition) is 1. The Kier molecular flexibility index (Phi) is 2.23. The Bertz CT molecular complexity index is 358. The van der Waals surface area contributed by atoms with Crippen molar-refractivity contribution < 1.29 is 0 Å². The highest BCUT2D eigenvalue weighted by molar-refractivity contribution is 5.61. The summed E-state index contributed by atoms with van der Waals surface area (Å²) in [4.78, 5) is 2.30. The van der Waals surface area contributed by atoms with Crippen molar-refractivity contribution in [3.63, 3.8) is 0 Å². The van der Waals surface area contributed by atoms with Gasteiger partial charge in [-0.05, 0) is 43.0 Å². The van der Waals surface area contributed by atoms with Gasteiger partial charge in [-0.25, -0.2) is 0 Å². The lowest BCUT2D eigenvalue weighted by Gasteiger charge is -2.33. The van der Waals surface area contributed by atoms with Crippen LogP contribution in [0.4, 0.5) is 5.69 Å². The Labute approximate surface area is 85.7 Å². The number of nitrogens with two attached hydrogens (primary N) is 1. The molecule has 1 aromatic carbocycles. The minimum atomic E-state index is 0.224. The van der Waals surface area contributed by atoms with Crippen LogP contribution in [-0.4, -0.2) is 13.6 Å². The normalized spacial score (nSPS) is 20.9. The van der Waals surface area contributed by atoms with E-state index in [-0.39, 0.29) is 6.04 Å². The lowest BCUT2D eigenvalue weighted by molar-refractivity contribution is 0.610. The molecule has 2 nitrogen and oxygen atoms in total. The molecule has 1 atom stereocenters. The Balaban J connectivity index is 2.60. The minimum Gasteiger partial charge on any atom is -0.374 e. The Morgan fingerprint density at radius 2 is 2.07 bits per heavy atom. The van der Waals surface area contributed by atoms with E-state index in [0.29, 0.717) is 0 Å². The van der Waals surface area contributed by atoms with Crippen LogP contribution in [0.5, 0.6) is 0 Å². The van der Waals surface area contributed by atoms with Gasteiger partial charge in [-0.1, -0.05) is 6.07 Å². The van der Waals surface area contributed by atoms with Crippen molar-refractivity contribution in [3.8, 4) is 0 Å². The third-order valence-corrected chi connectivity index (χ3v) is 3.07. The largest absolute Gasteiger partial charge is 0.374 e. The summed E-state index contributed by atoms with van der Waals surface area (Å²) < 4.78 is 0. The monoisotopic (exact) mass is 190 g/mol. The predicted molar refractivity (Wildman–Crippen MR) is 60.7 cm³/mol. The van der Waals surface area contributed by atoms with Crippen molar-refractivity contribution in [2.45, 2.75) is 26.3 Å². The van der Waals surface area contributed by atoms with Gasteiger partial charge in [0, 0.05) is 25.3 Å². The molecule has 1 heterocycles. The molecular weight excluding hydrogens is 172 g/mol. The van der Waals surface area contributed by atoms with Crippen molar-refractivity contribution in [2.24, 2.45) is 5.73 Å². The number of nitrogens with zero attached hydrogens (tertiary/aromatic N) is 1. The fourth-order valence-corrected chi connectivity index (χ4v) is 2.35. The van der Waals surface area contributed by atoms with Crippen molar-refractivity contribution in [1.82, 2.24) is 0 Å². The molecule has 2 heteroatoms. The SMILES string of the molecule is Cc1cc(C)c2c(c1)N(C)CCC2N. The highest BCUT2D eigenvalue weighted by Crippen LogP contribution is 2.34. The van der Waals surface area contributed by atoms with Gasteiger partial charge in [-0.15, -0.1) is 0 Å². The fraction of sp³-hybridized carbons (Fsp3) is 0.500. The van der Waals surface area contributed by atoms with E-state index in [0.717, 1.165) is 13.0 Å². The van der Waals surface area contributed by atoms with Crippen molar-refractivity contribution >= 4 is 5.69 Å². The van der Waals surface area contributed by atoms with Crippen molar-refractivity contribution in [3.05, 3.63) is 28.8 Å². The maximum Gasteiger partial charge on any atom is 0.0417 e. The van der Waals surface area contributed by atoms with E-state index in [1.54, 1.807) is 0 Å². The van der Waals surface area contributed by atoms with Gasteiger partial charge in [0.2, 0.25) is 0 Å². The highest BCUT2D eigenvalue weighted by atomic mass is 15.1. The van der Waals surface area contributed by atoms with Crippen molar-refractivity contribution in [2.75, 3.05) is 18.5 Å². The number of hydrogen-bond acceptors (Lipinski definition) is 2. The molecule has 0 fully saturated rings. The molecule has 1 aliphatic rings. The maximum absolute atomic E-state index is 6.13. The van der Waals surface area contributed by atoms with Gasteiger partial charge in [0.05, 0.1) is 0 Å². The summed E-state index contributed by atoms with van der Waals surface area (Å²) in [6, 6.07) is 4.68. The van der Waals surface area contributed by atoms with Gasteiger partial charge in [0.15, 0.2) is 0 Å². The Morgan fingerprint density at radius 1 is 1.36 bits per heavy atom. The maximum atomic E-state index is 6.13. The van der Waals surface area contributed by atoms with Crippen LogP contribution in [0, 0.1) is 13.8 Å². The summed E-state index contributed by atoms with van der Waals surface area (Å²) in [5, 5.41) is 0. The molecule has 14 heavy (non-hydrogen) atoms.